The molecule has 0 atom stereocenters. The minimum atomic E-state index is -0.959. The van der Waals surface area contributed by atoms with Crippen LogP contribution < -0.4 is 4.74 Å². The SMILES string of the molecule is CCCCCCCCCOc1ccc(-c2ccc(-c3ccc(C4CCC(C5CCC(CCC)CC5)CC4)cc3F)cc2)c(F)c1F. The second kappa shape index (κ2) is 17.4. The number of halogens is 3. The number of hydrogen-bond acceptors (Lipinski definition) is 1. The molecule has 250 valence electrons. The van der Waals surface area contributed by atoms with Gasteiger partial charge >= 0.3 is 0 Å². The Morgan fingerprint density at radius 3 is 1.80 bits per heavy atom. The highest BCUT2D eigenvalue weighted by Gasteiger charge is 2.31. The molecule has 0 unspecified atom stereocenters. The maximum Gasteiger partial charge on any atom is 0.201 e. The largest absolute Gasteiger partial charge is 0.490 e. The van der Waals surface area contributed by atoms with Crippen molar-refractivity contribution in [2.45, 2.75) is 129 Å². The molecule has 3 aromatic rings. The van der Waals surface area contributed by atoms with Gasteiger partial charge in [-0.3, -0.25) is 0 Å². The highest BCUT2D eigenvalue weighted by Crippen LogP contribution is 2.45. The van der Waals surface area contributed by atoms with Gasteiger partial charge in [-0.1, -0.05) is 114 Å². The van der Waals surface area contributed by atoms with Crippen molar-refractivity contribution in [3.05, 3.63) is 77.6 Å². The fourth-order valence-electron chi connectivity index (χ4n) is 8.24. The van der Waals surface area contributed by atoms with Gasteiger partial charge in [0, 0.05) is 11.1 Å². The molecule has 0 N–H and O–H groups in total. The molecule has 0 aromatic heterocycles. The van der Waals surface area contributed by atoms with Gasteiger partial charge in [-0.25, -0.2) is 8.78 Å². The van der Waals surface area contributed by atoms with Gasteiger partial charge in [0.25, 0.3) is 0 Å². The summed E-state index contributed by atoms with van der Waals surface area (Å²) in [6.45, 7) is 4.88. The normalized spacial score (nSPS) is 21.8. The molecule has 2 aliphatic rings. The summed E-state index contributed by atoms with van der Waals surface area (Å²) >= 11 is 0. The average Bonchev–Trinajstić information content (AvgIpc) is 3.08. The quantitative estimate of drug-likeness (QED) is 0.152. The topological polar surface area (TPSA) is 9.23 Å². The minimum absolute atomic E-state index is 0.0472. The molecule has 2 aliphatic carbocycles. The van der Waals surface area contributed by atoms with Crippen LogP contribution in [0.15, 0.2) is 54.6 Å². The van der Waals surface area contributed by atoms with Crippen molar-refractivity contribution in [2.24, 2.45) is 17.8 Å². The fraction of sp³-hybridized carbons (Fsp3) is 0.571. The maximum absolute atomic E-state index is 15.4. The molecule has 2 fully saturated rings. The van der Waals surface area contributed by atoms with Gasteiger partial charge in [0.1, 0.15) is 5.82 Å². The van der Waals surface area contributed by atoms with E-state index in [1.807, 2.05) is 6.07 Å². The number of ether oxygens (including phenoxy) is 1. The minimum Gasteiger partial charge on any atom is -0.490 e. The average molecular weight is 633 g/mol. The third-order valence-corrected chi connectivity index (χ3v) is 11.1. The molecule has 4 heteroatoms. The van der Waals surface area contributed by atoms with Crippen LogP contribution in [0.3, 0.4) is 0 Å². The Balaban J connectivity index is 1.13. The van der Waals surface area contributed by atoms with Crippen molar-refractivity contribution in [3.63, 3.8) is 0 Å². The lowest BCUT2D eigenvalue weighted by Gasteiger charge is -2.38. The van der Waals surface area contributed by atoms with Crippen LogP contribution >= 0.6 is 0 Å². The van der Waals surface area contributed by atoms with Crippen LogP contribution in [0.4, 0.5) is 13.2 Å². The smallest absolute Gasteiger partial charge is 0.201 e. The molecule has 46 heavy (non-hydrogen) atoms. The van der Waals surface area contributed by atoms with Gasteiger partial charge in [-0.2, -0.15) is 4.39 Å². The lowest BCUT2D eigenvalue weighted by Crippen LogP contribution is -2.25. The number of hydrogen-bond donors (Lipinski definition) is 0. The van der Waals surface area contributed by atoms with Crippen LogP contribution in [0.5, 0.6) is 5.75 Å². The predicted octanol–water partition coefficient (Wildman–Crippen LogP) is 13.4. The summed E-state index contributed by atoms with van der Waals surface area (Å²) in [6.07, 6.45) is 21.1. The molecule has 0 saturated heterocycles. The van der Waals surface area contributed by atoms with Gasteiger partial charge in [-0.05, 0) is 104 Å². The zero-order valence-electron chi connectivity index (χ0n) is 28.3. The van der Waals surface area contributed by atoms with Crippen LogP contribution in [-0.4, -0.2) is 6.61 Å². The Bertz CT molecular complexity index is 1350. The van der Waals surface area contributed by atoms with Gasteiger partial charge < -0.3 is 4.74 Å². The lowest BCUT2D eigenvalue weighted by atomic mass is 9.68. The van der Waals surface area contributed by atoms with Gasteiger partial charge in [-0.15, -0.1) is 0 Å². The number of rotatable bonds is 15. The van der Waals surface area contributed by atoms with Gasteiger partial charge in [0.15, 0.2) is 11.6 Å². The first-order chi connectivity index (χ1) is 22.5. The molecule has 0 radical (unpaired) electrons. The van der Waals surface area contributed by atoms with Crippen LogP contribution in [-0.2, 0) is 0 Å². The molecule has 0 aliphatic heterocycles. The molecule has 1 nitrogen and oxygen atoms in total. The Kier molecular flexibility index (Phi) is 13.1. The monoisotopic (exact) mass is 632 g/mol. The van der Waals surface area contributed by atoms with E-state index >= 15 is 8.78 Å². The van der Waals surface area contributed by atoms with E-state index in [1.165, 1.54) is 83.1 Å². The second-order valence-corrected chi connectivity index (χ2v) is 14.2. The highest BCUT2D eigenvalue weighted by atomic mass is 19.2. The van der Waals surface area contributed by atoms with Crippen LogP contribution in [0.1, 0.15) is 134 Å². The van der Waals surface area contributed by atoms with E-state index < -0.39 is 11.6 Å². The standard InChI is InChI=1S/C42H55F3O/c1-3-5-6-7-8-9-10-28-46-40-27-26-38(41(44)42(40)45)35-22-20-34(21-23-35)37-25-24-36(29-39(37)43)33-18-16-32(17-19-33)31-14-12-30(11-4-2)13-15-31/h20-27,29-33H,3-19,28H2,1-2H3. The van der Waals surface area contributed by atoms with Crippen molar-refractivity contribution in [3.8, 4) is 28.0 Å². The summed E-state index contributed by atoms with van der Waals surface area (Å²) in [7, 11) is 0. The van der Waals surface area contributed by atoms with E-state index in [9.17, 15) is 4.39 Å². The van der Waals surface area contributed by atoms with E-state index in [2.05, 4.69) is 19.9 Å². The van der Waals surface area contributed by atoms with Crippen LogP contribution in [0, 0.1) is 35.2 Å². The van der Waals surface area contributed by atoms with Crippen molar-refractivity contribution in [1.82, 2.24) is 0 Å². The van der Waals surface area contributed by atoms with Crippen molar-refractivity contribution in [2.75, 3.05) is 6.61 Å². The summed E-state index contributed by atoms with van der Waals surface area (Å²) < 4.78 is 50.9. The molecule has 0 heterocycles. The van der Waals surface area contributed by atoms with Crippen LogP contribution in [0.25, 0.3) is 22.3 Å². The molecule has 5 rings (SSSR count). The zero-order chi connectivity index (χ0) is 32.3. The van der Waals surface area contributed by atoms with Crippen molar-refractivity contribution < 1.29 is 17.9 Å². The van der Waals surface area contributed by atoms with E-state index in [0.29, 0.717) is 23.7 Å². The van der Waals surface area contributed by atoms with Crippen molar-refractivity contribution in [1.29, 1.82) is 0 Å². The summed E-state index contributed by atoms with van der Waals surface area (Å²) in [5.74, 6) is 0.980. The molecule has 0 amide bonds. The molecule has 3 aromatic carbocycles. The van der Waals surface area contributed by atoms with Crippen LogP contribution in [0.2, 0.25) is 0 Å². The first kappa shape index (κ1) is 34.6. The number of unbranched alkanes of at least 4 members (excludes halogenated alkanes) is 6. The lowest BCUT2D eigenvalue weighted by molar-refractivity contribution is 0.156. The van der Waals surface area contributed by atoms with E-state index in [1.54, 1.807) is 36.4 Å². The summed E-state index contributed by atoms with van der Waals surface area (Å²) in [6, 6.07) is 15.8. The molecular weight excluding hydrogens is 577 g/mol. The second-order valence-electron chi connectivity index (χ2n) is 14.2. The Morgan fingerprint density at radius 1 is 0.587 bits per heavy atom. The Labute approximate surface area is 276 Å². The molecular formula is C42H55F3O. The van der Waals surface area contributed by atoms with E-state index in [4.69, 9.17) is 4.74 Å². The fourth-order valence-corrected chi connectivity index (χ4v) is 8.24. The first-order valence-electron chi connectivity index (χ1n) is 18.5. The highest BCUT2D eigenvalue weighted by molar-refractivity contribution is 5.71. The number of benzene rings is 3. The first-order valence-corrected chi connectivity index (χ1v) is 18.5. The van der Waals surface area contributed by atoms with Gasteiger partial charge in [0.2, 0.25) is 5.82 Å². The summed E-state index contributed by atoms with van der Waals surface area (Å²) in [5.41, 5.74) is 3.09. The predicted molar refractivity (Wildman–Crippen MR) is 186 cm³/mol. The van der Waals surface area contributed by atoms with Gasteiger partial charge in [0.05, 0.1) is 6.61 Å². The third-order valence-electron chi connectivity index (χ3n) is 11.1. The van der Waals surface area contributed by atoms with Crippen molar-refractivity contribution >= 4 is 0 Å². The third kappa shape index (κ3) is 8.98. The molecule has 0 spiro atoms. The maximum atomic E-state index is 15.4. The zero-order valence-corrected chi connectivity index (χ0v) is 28.3. The van der Waals surface area contributed by atoms with E-state index in [-0.39, 0.29) is 17.1 Å². The summed E-state index contributed by atoms with van der Waals surface area (Å²) in [4.78, 5) is 0. The Morgan fingerprint density at radius 2 is 1.17 bits per heavy atom. The van der Waals surface area contributed by atoms with E-state index in [0.717, 1.165) is 61.0 Å². The molecule has 0 bridgehead atoms. The Hall–Kier alpha value is -2.75. The molecule has 2 saturated carbocycles. The summed E-state index contributed by atoms with van der Waals surface area (Å²) in [5, 5.41) is 0.